The number of nitrogens with zero attached hydrogens (tertiary/aromatic N) is 2. The van der Waals surface area contributed by atoms with Crippen LogP contribution in [0.4, 0.5) is 5.69 Å². The van der Waals surface area contributed by atoms with Crippen LogP contribution in [0.15, 0.2) is 53.4 Å². The molecule has 7 nitrogen and oxygen atoms in total. The number of nitrogens with one attached hydrogen (secondary N) is 1. The van der Waals surface area contributed by atoms with Crippen LogP contribution in [0.25, 0.3) is 0 Å². The molecule has 1 fully saturated rings. The van der Waals surface area contributed by atoms with Crippen LogP contribution in [-0.2, 0) is 10.0 Å². The summed E-state index contributed by atoms with van der Waals surface area (Å²) in [5.41, 5.74) is 0.846. The monoisotopic (exact) mass is 473 g/mol. The lowest BCUT2D eigenvalue weighted by Gasteiger charge is -2.32. The van der Waals surface area contributed by atoms with Gasteiger partial charge in [0.05, 0.1) is 10.6 Å². The number of anilines is 1. The van der Waals surface area contributed by atoms with Gasteiger partial charge in [0.25, 0.3) is 5.91 Å². The normalized spacial score (nSPS) is 17.2. The average Bonchev–Trinajstić information content (AvgIpc) is 2.83. The number of ether oxygens (including phenoxy) is 1. The zero-order valence-electron chi connectivity index (χ0n) is 19.8. The first kappa shape index (κ1) is 25.2. The van der Waals surface area contributed by atoms with Gasteiger partial charge in [-0.25, -0.2) is 8.42 Å². The number of carbonyl (C=O) groups excluding carboxylic acids is 1. The van der Waals surface area contributed by atoms with E-state index in [0.29, 0.717) is 30.2 Å². The third-order valence-electron chi connectivity index (χ3n) is 6.14. The van der Waals surface area contributed by atoms with Gasteiger partial charge in [0, 0.05) is 24.7 Å². The lowest BCUT2D eigenvalue weighted by molar-refractivity contribution is 0.102. The fourth-order valence-corrected chi connectivity index (χ4v) is 5.82. The number of hydrogen-bond acceptors (Lipinski definition) is 5. The van der Waals surface area contributed by atoms with Crippen molar-refractivity contribution >= 4 is 21.6 Å². The summed E-state index contributed by atoms with van der Waals surface area (Å²) in [5.74, 6) is 0.211. The molecule has 180 valence electrons. The van der Waals surface area contributed by atoms with E-state index in [4.69, 9.17) is 4.74 Å². The van der Waals surface area contributed by atoms with Crippen LogP contribution in [0.3, 0.4) is 0 Å². The molecule has 0 aromatic heterocycles. The van der Waals surface area contributed by atoms with Crippen LogP contribution >= 0.6 is 0 Å². The SMILES string of the molecule is CCN(CC)CCOc1ccccc1NC(=O)c1cccc(S(=O)(=O)N2CCCCC2C)c1. The minimum absolute atomic E-state index is 0.0402. The molecule has 1 atom stereocenters. The topological polar surface area (TPSA) is 79.0 Å². The molecule has 1 N–H and O–H groups in total. The summed E-state index contributed by atoms with van der Waals surface area (Å²) in [5, 5.41) is 2.87. The van der Waals surface area contributed by atoms with E-state index in [0.717, 1.165) is 38.9 Å². The summed E-state index contributed by atoms with van der Waals surface area (Å²) in [6, 6.07) is 13.5. The number of amides is 1. The second kappa shape index (κ2) is 11.6. The van der Waals surface area contributed by atoms with Gasteiger partial charge in [-0.05, 0) is 63.2 Å². The van der Waals surface area contributed by atoms with Crippen molar-refractivity contribution in [1.82, 2.24) is 9.21 Å². The Hall–Kier alpha value is -2.42. The number of piperidine rings is 1. The number of benzene rings is 2. The third-order valence-corrected chi connectivity index (χ3v) is 8.15. The average molecular weight is 474 g/mol. The van der Waals surface area contributed by atoms with Crippen molar-refractivity contribution < 1.29 is 17.9 Å². The first-order valence-corrected chi connectivity index (χ1v) is 13.2. The number of para-hydroxylation sites is 2. The molecule has 1 unspecified atom stereocenters. The van der Waals surface area contributed by atoms with Crippen molar-refractivity contribution in [2.45, 2.75) is 51.0 Å². The molecule has 1 saturated heterocycles. The Labute approximate surface area is 197 Å². The minimum Gasteiger partial charge on any atom is -0.490 e. The van der Waals surface area contributed by atoms with Crippen LogP contribution in [0.1, 0.15) is 50.4 Å². The molecule has 0 spiro atoms. The van der Waals surface area contributed by atoms with E-state index in [1.54, 1.807) is 28.6 Å². The van der Waals surface area contributed by atoms with Gasteiger partial charge < -0.3 is 15.0 Å². The molecule has 8 heteroatoms. The molecule has 1 aliphatic heterocycles. The Bertz CT molecular complexity index is 1040. The molecule has 1 heterocycles. The van der Waals surface area contributed by atoms with E-state index in [1.807, 2.05) is 25.1 Å². The quantitative estimate of drug-likeness (QED) is 0.559. The van der Waals surface area contributed by atoms with Crippen molar-refractivity contribution in [2.24, 2.45) is 0 Å². The van der Waals surface area contributed by atoms with E-state index in [2.05, 4.69) is 24.1 Å². The number of carbonyl (C=O) groups is 1. The Morgan fingerprint density at radius 1 is 1.12 bits per heavy atom. The highest BCUT2D eigenvalue weighted by molar-refractivity contribution is 7.89. The lowest BCUT2D eigenvalue weighted by Crippen LogP contribution is -2.41. The first-order chi connectivity index (χ1) is 15.9. The van der Waals surface area contributed by atoms with Gasteiger partial charge in [0.15, 0.2) is 0 Å². The predicted molar refractivity (Wildman–Crippen MR) is 131 cm³/mol. The summed E-state index contributed by atoms with van der Waals surface area (Å²) >= 11 is 0. The van der Waals surface area contributed by atoms with Gasteiger partial charge in [-0.2, -0.15) is 4.31 Å². The van der Waals surface area contributed by atoms with E-state index >= 15 is 0 Å². The van der Waals surface area contributed by atoms with Gasteiger partial charge in [-0.1, -0.05) is 38.5 Å². The summed E-state index contributed by atoms with van der Waals surface area (Å²) in [4.78, 5) is 15.4. The highest BCUT2D eigenvalue weighted by atomic mass is 32.2. The minimum atomic E-state index is -3.65. The summed E-state index contributed by atoms with van der Waals surface area (Å²) in [7, 11) is -3.65. The molecule has 0 aliphatic carbocycles. The maximum Gasteiger partial charge on any atom is 0.255 e. The first-order valence-electron chi connectivity index (χ1n) is 11.7. The van der Waals surface area contributed by atoms with Crippen LogP contribution < -0.4 is 10.1 Å². The fraction of sp³-hybridized carbons (Fsp3) is 0.480. The number of likely N-dealkylation sites (N-methyl/N-ethyl adjacent to an activating group) is 1. The van der Waals surface area contributed by atoms with Gasteiger partial charge in [-0.3, -0.25) is 4.79 Å². The molecule has 0 saturated carbocycles. The van der Waals surface area contributed by atoms with Gasteiger partial charge >= 0.3 is 0 Å². The number of rotatable bonds is 10. The second-order valence-electron chi connectivity index (χ2n) is 8.31. The largest absolute Gasteiger partial charge is 0.490 e. The molecule has 1 aliphatic rings. The highest BCUT2D eigenvalue weighted by Crippen LogP contribution is 2.27. The van der Waals surface area contributed by atoms with Crippen molar-refractivity contribution in [3.8, 4) is 5.75 Å². The van der Waals surface area contributed by atoms with Crippen molar-refractivity contribution in [3.63, 3.8) is 0 Å². The second-order valence-corrected chi connectivity index (χ2v) is 10.2. The van der Waals surface area contributed by atoms with E-state index in [9.17, 15) is 13.2 Å². The fourth-order valence-electron chi connectivity index (χ4n) is 4.08. The highest BCUT2D eigenvalue weighted by Gasteiger charge is 2.31. The molecule has 0 radical (unpaired) electrons. The zero-order valence-corrected chi connectivity index (χ0v) is 20.6. The van der Waals surface area contributed by atoms with Crippen molar-refractivity contribution in [3.05, 3.63) is 54.1 Å². The van der Waals surface area contributed by atoms with Gasteiger partial charge in [-0.15, -0.1) is 0 Å². The standard InChI is InChI=1S/C25H35N3O4S/c1-4-27(5-2)17-18-32-24-15-7-6-14-23(24)26-25(29)21-12-10-13-22(19-21)33(30,31)28-16-9-8-11-20(28)3/h6-7,10,12-15,19-20H,4-5,8-9,11,16-18H2,1-3H3,(H,26,29). The van der Waals surface area contributed by atoms with Gasteiger partial charge in [0.2, 0.25) is 10.0 Å². The molecule has 3 rings (SSSR count). The van der Waals surface area contributed by atoms with Crippen LogP contribution in [0.5, 0.6) is 5.75 Å². The predicted octanol–water partition coefficient (Wildman–Crippen LogP) is 4.22. The van der Waals surface area contributed by atoms with Gasteiger partial charge in [0.1, 0.15) is 12.4 Å². The Morgan fingerprint density at radius 3 is 2.61 bits per heavy atom. The molecule has 2 aromatic carbocycles. The molecular formula is C25H35N3O4S. The molecule has 0 bridgehead atoms. The summed E-state index contributed by atoms with van der Waals surface area (Å²) in [6.07, 6.45) is 2.74. The third kappa shape index (κ3) is 6.34. The maximum atomic E-state index is 13.2. The van der Waals surface area contributed by atoms with Crippen LogP contribution in [0.2, 0.25) is 0 Å². The van der Waals surface area contributed by atoms with Crippen LogP contribution in [-0.4, -0.2) is 62.4 Å². The zero-order chi connectivity index (χ0) is 23.8. The number of hydrogen-bond donors (Lipinski definition) is 1. The van der Waals surface area contributed by atoms with E-state index < -0.39 is 10.0 Å². The molecule has 2 aromatic rings. The van der Waals surface area contributed by atoms with E-state index in [1.165, 1.54) is 6.07 Å². The molecular weight excluding hydrogens is 438 g/mol. The number of sulfonamides is 1. The van der Waals surface area contributed by atoms with Crippen LogP contribution in [0, 0.1) is 0 Å². The van der Waals surface area contributed by atoms with Crippen molar-refractivity contribution in [2.75, 3.05) is 38.1 Å². The smallest absolute Gasteiger partial charge is 0.255 e. The van der Waals surface area contributed by atoms with E-state index in [-0.39, 0.29) is 16.8 Å². The Morgan fingerprint density at radius 2 is 1.88 bits per heavy atom. The van der Waals surface area contributed by atoms with Crippen molar-refractivity contribution in [1.29, 1.82) is 0 Å². The maximum absolute atomic E-state index is 13.2. The summed E-state index contributed by atoms with van der Waals surface area (Å²) in [6.45, 7) is 9.88. The molecule has 33 heavy (non-hydrogen) atoms. The lowest BCUT2D eigenvalue weighted by atomic mass is 10.1. The Kier molecular flexibility index (Phi) is 8.88. The Balaban J connectivity index is 1.73. The summed E-state index contributed by atoms with van der Waals surface area (Å²) < 4.78 is 33.8. The molecule has 1 amide bonds.